The molecule has 0 N–H and O–H groups in total. The van der Waals surface area contributed by atoms with E-state index < -0.39 is 0 Å². The van der Waals surface area contributed by atoms with Gasteiger partial charge in [-0.2, -0.15) is 0 Å². The Morgan fingerprint density at radius 2 is 1.35 bits per heavy atom. The standard InChI is InChI=1S/C25H25N3O3/c29-24(21-8-6-20(7-9-21)19-4-2-1-3-5-19)28-16-23(17-28)26-11-13-27(14-12-26)25(30)22-10-15-31-18-22/h1-10,15,18,23H,11-14,16-17H2. The summed E-state index contributed by atoms with van der Waals surface area (Å²) < 4.78 is 5.02. The van der Waals surface area contributed by atoms with E-state index in [1.54, 1.807) is 6.07 Å². The van der Waals surface area contributed by atoms with Gasteiger partial charge in [-0.05, 0) is 29.3 Å². The fraction of sp³-hybridized carbons (Fsp3) is 0.280. The first-order valence-electron chi connectivity index (χ1n) is 10.7. The normalized spacial score (nSPS) is 17.4. The van der Waals surface area contributed by atoms with Crippen LogP contribution in [0.3, 0.4) is 0 Å². The molecule has 31 heavy (non-hydrogen) atoms. The number of likely N-dealkylation sites (tertiary alicyclic amines) is 1. The SMILES string of the molecule is O=C(c1ccoc1)N1CCN(C2CN(C(=O)c3ccc(-c4ccccc4)cc3)C2)CC1. The molecule has 1 aromatic heterocycles. The summed E-state index contributed by atoms with van der Waals surface area (Å²) in [5.41, 5.74) is 3.60. The maximum atomic E-state index is 12.8. The summed E-state index contributed by atoms with van der Waals surface area (Å²) in [6.07, 6.45) is 3.02. The lowest BCUT2D eigenvalue weighted by molar-refractivity contribution is 0.00853. The molecule has 2 aliphatic rings. The second-order valence-electron chi connectivity index (χ2n) is 8.15. The molecule has 6 heteroatoms. The molecular formula is C25H25N3O3. The number of carbonyl (C=O) groups is 2. The van der Waals surface area contributed by atoms with Crippen molar-refractivity contribution >= 4 is 11.8 Å². The summed E-state index contributed by atoms with van der Waals surface area (Å²) in [6.45, 7) is 4.57. The topological polar surface area (TPSA) is 57.0 Å². The Labute approximate surface area is 181 Å². The van der Waals surface area contributed by atoms with Gasteiger partial charge in [0, 0.05) is 50.9 Å². The maximum Gasteiger partial charge on any atom is 0.257 e. The van der Waals surface area contributed by atoms with Crippen LogP contribution < -0.4 is 0 Å². The third kappa shape index (κ3) is 3.99. The van der Waals surface area contributed by atoms with E-state index in [-0.39, 0.29) is 11.8 Å². The van der Waals surface area contributed by atoms with Crippen LogP contribution in [0.25, 0.3) is 11.1 Å². The van der Waals surface area contributed by atoms with Gasteiger partial charge in [-0.3, -0.25) is 14.5 Å². The van der Waals surface area contributed by atoms with Gasteiger partial charge in [0.15, 0.2) is 0 Å². The summed E-state index contributed by atoms with van der Waals surface area (Å²) in [5.74, 6) is 0.113. The lowest BCUT2D eigenvalue weighted by Gasteiger charge is -2.48. The monoisotopic (exact) mass is 415 g/mol. The van der Waals surface area contributed by atoms with Gasteiger partial charge in [-0.25, -0.2) is 0 Å². The number of carbonyl (C=O) groups excluding carboxylic acids is 2. The van der Waals surface area contributed by atoms with Crippen molar-refractivity contribution < 1.29 is 14.0 Å². The zero-order chi connectivity index (χ0) is 21.2. The number of furan rings is 1. The molecule has 0 saturated carbocycles. The van der Waals surface area contributed by atoms with Crippen LogP contribution in [0.1, 0.15) is 20.7 Å². The minimum atomic E-state index is 0.0257. The first-order chi connectivity index (χ1) is 15.2. The fourth-order valence-corrected chi connectivity index (χ4v) is 4.33. The van der Waals surface area contributed by atoms with Crippen LogP contribution in [-0.2, 0) is 0 Å². The molecule has 0 spiro atoms. The Bertz CT molecular complexity index is 1030. The van der Waals surface area contributed by atoms with Crippen LogP contribution in [-0.4, -0.2) is 71.8 Å². The van der Waals surface area contributed by atoms with Crippen LogP contribution in [0.2, 0.25) is 0 Å². The van der Waals surface area contributed by atoms with Crippen LogP contribution >= 0.6 is 0 Å². The van der Waals surface area contributed by atoms with Crippen molar-refractivity contribution in [2.24, 2.45) is 0 Å². The van der Waals surface area contributed by atoms with E-state index in [4.69, 9.17) is 4.42 Å². The summed E-state index contributed by atoms with van der Waals surface area (Å²) in [6, 6.07) is 20.1. The highest BCUT2D eigenvalue weighted by atomic mass is 16.3. The molecule has 2 amide bonds. The lowest BCUT2D eigenvalue weighted by Crippen LogP contribution is -2.64. The average molecular weight is 415 g/mol. The number of nitrogens with zero attached hydrogens (tertiary/aromatic N) is 3. The molecule has 6 nitrogen and oxygen atoms in total. The van der Waals surface area contributed by atoms with Gasteiger partial charge in [0.2, 0.25) is 0 Å². The van der Waals surface area contributed by atoms with Crippen molar-refractivity contribution in [3.63, 3.8) is 0 Å². The molecule has 2 aliphatic heterocycles. The second-order valence-corrected chi connectivity index (χ2v) is 8.15. The van der Waals surface area contributed by atoms with Crippen LogP contribution in [0.4, 0.5) is 0 Å². The zero-order valence-corrected chi connectivity index (χ0v) is 17.3. The highest BCUT2D eigenvalue weighted by Crippen LogP contribution is 2.23. The van der Waals surface area contributed by atoms with Crippen molar-refractivity contribution in [1.29, 1.82) is 0 Å². The van der Waals surface area contributed by atoms with Crippen molar-refractivity contribution in [3.8, 4) is 11.1 Å². The number of amides is 2. The molecule has 0 atom stereocenters. The molecule has 5 rings (SSSR count). The van der Waals surface area contributed by atoms with E-state index >= 15 is 0 Å². The minimum Gasteiger partial charge on any atom is -0.472 e. The van der Waals surface area contributed by atoms with E-state index in [9.17, 15) is 9.59 Å². The first-order valence-corrected chi connectivity index (χ1v) is 10.7. The Balaban J connectivity index is 1.12. The van der Waals surface area contributed by atoms with Crippen molar-refractivity contribution in [1.82, 2.24) is 14.7 Å². The van der Waals surface area contributed by atoms with Crippen molar-refractivity contribution in [2.45, 2.75) is 6.04 Å². The van der Waals surface area contributed by atoms with E-state index in [1.165, 1.54) is 12.5 Å². The first kappa shape index (κ1) is 19.6. The maximum absolute atomic E-state index is 12.8. The van der Waals surface area contributed by atoms with E-state index in [1.807, 2.05) is 52.3 Å². The predicted octanol–water partition coefficient (Wildman–Crippen LogP) is 3.23. The fourth-order valence-electron chi connectivity index (χ4n) is 4.33. The number of hydrogen-bond donors (Lipinski definition) is 0. The van der Waals surface area contributed by atoms with Crippen LogP contribution in [0, 0.1) is 0 Å². The van der Waals surface area contributed by atoms with Gasteiger partial charge < -0.3 is 14.2 Å². The summed E-state index contributed by atoms with van der Waals surface area (Å²) in [4.78, 5) is 31.4. The van der Waals surface area contributed by atoms with E-state index in [0.717, 1.165) is 42.9 Å². The minimum absolute atomic E-state index is 0.0257. The molecule has 3 aromatic rings. The van der Waals surface area contributed by atoms with Crippen molar-refractivity contribution in [3.05, 3.63) is 84.3 Å². The van der Waals surface area contributed by atoms with E-state index in [0.29, 0.717) is 24.7 Å². The zero-order valence-electron chi connectivity index (χ0n) is 17.3. The van der Waals surface area contributed by atoms with Crippen LogP contribution in [0.5, 0.6) is 0 Å². The van der Waals surface area contributed by atoms with Gasteiger partial charge in [0.25, 0.3) is 11.8 Å². The molecule has 2 saturated heterocycles. The number of benzene rings is 2. The Morgan fingerprint density at radius 1 is 0.710 bits per heavy atom. The molecule has 0 unspecified atom stereocenters. The number of piperazine rings is 1. The highest BCUT2D eigenvalue weighted by molar-refractivity contribution is 5.95. The molecular weight excluding hydrogens is 390 g/mol. The molecule has 2 fully saturated rings. The summed E-state index contributed by atoms with van der Waals surface area (Å²) >= 11 is 0. The Morgan fingerprint density at radius 3 is 2.00 bits per heavy atom. The van der Waals surface area contributed by atoms with E-state index in [2.05, 4.69) is 17.0 Å². The summed E-state index contributed by atoms with van der Waals surface area (Å²) in [5, 5.41) is 0. The quantitative estimate of drug-likeness (QED) is 0.657. The third-order valence-electron chi connectivity index (χ3n) is 6.27. The van der Waals surface area contributed by atoms with Gasteiger partial charge in [-0.1, -0.05) is 42.5 Å². The van der Waals surface area contributed by atoms with Crippen molar-refractivity contribution in [2.75, 3.05) is 39.3 Å². The second kappa shape index (κ2) is 8.40. The molecule has 2 aromatic carbocycles. The molecule has 0 aliphatic carbocycles. The smallest absolute Gasteiger partial charge is 0.257 e. The van der Waals surface area contributed by atoms with Gasteiger partial charge in [-0.15, -0.1) is 0 Å². The summed E-state index contributed by atoms with van der Waals surface area (Å²) in [7, 11) is 0. The predicted molar refractivity (Wildman–Crippen MR) is 118 cm³/mol. The number of hydrogen-bond acceptors (Lipinski definition) is 4. The molecule has 158 valence electrons. The van der Waals surface area contributed by atoms with Gasteiger partial charge in [0.1, 0.15) is 6.26 Å². The molecule has 0 radical (unpaired) electrons. The van der Waals surface area contributed by atoms with Gasteiger partial charge >= 0.3 is 0 Å². The third-order valence-corrected chi connectivity index (χ3v) is 6.27. The lowest BCUT2D eigenvalue weighted by atomic mass is 10.0. The highest BCUT2D eigenvalue weighted by Gasteiger charge is 2.37. The molecule has 0 bridgehead atoms. The Hall–Kier alpha value is -3.38. The number of rotatable bonds is 4. The Kier molecular flexibility index (Phi) is 5.30. The van der Waals surface area contributed by atoms with Crippen LogP contribution in [0.15, 0.2) is 77.6 Å². The molecule has 3 heterocycles. The largest absolute Gasteiger partial charge is 0.472 e. The van der Waals surface area contributed by atoms with Gasteiger partial charge in [0.05, 0.1) is 11.8 Å². The average Bonchev–Trinajstić information content (AvgIpc) is 3.34.